The Morgan fingerprint density at radius 3 is 2.57 bits per heavy atom. The highest BCUT2D eigenvalue weighted by molar-refractivity contribution is 6.32. The number of hydrogen-bond acceptors (Lipinski definition) is 4. The minimum atomic E-state index is -0.268. The molecule has 6 heteroatoms. The first-order valence-electron chi connectivity index (χ1n) is 7.47. The molecular weight excluding hydrogens is 337 g/mol. The molecule has 0 spiro atoms. The van der Waals surface area contributed by atoms with Gasteiger partial charge < -0.3 is 9.47 Å². The fourth-order valence-corrected chi connectivity index (χ4v) is 2.39. The Morgan fingerprint density at radius 1 is 1.39 bits per heavy atom. The van der Waals surface area contributed by atoms with Crippen LogP contribution < -0.4 is 4.74 Å². The highest BCUT2D eigenvalue weighted by Gasteiger charge is 2.15. The molecule has 0 aliphatic carbocycles. The summed E-state index contributed by atoms with van der Waals surface area (Å²) in [6.07, 6.45) is 1.61. The van der Waals surface area contributed by atoms with E-state index in [1.54, 1.807) is 18.2 Å². The highest BCUT2D eigenvalue weighted by Crippen LogP contribution is 2.25. The Bertz CT molecular complexity index is 505. The molecule has 0 saturated carbocycles. The predicted octanol–water partition coefficient (Wildman–Crippen LogP) is 4.10. The molecule has 1 atom stereocenters. The maximum Gasteiger partial charge on any atom is 0.311 e. The Morgan fingerprint density at radius 2 is 2.04 bits per heavy atom. The molecule has 0 aliphatic rings. The Hall–Kier alpha value is -1.23. The molecule has 0 amide bonds. The number of ether oxygens (including phenoxy) is 2. The fourth-order valence-electron chi connectivity index (χ4n) is 2.13. The predicted molar refractivity (Wildman–Crippen MR) is 96.6 cm³/mol. The zero-order valence-corrected chi connectivity index (χ0v) is 15.5. The average Bonchev–Trinajstić information content (AvgIpc) is 2.47. The Kier molecular flexibility index (Phi) is 10.7. The van der Waals surface area contributed by atoms with Crippen molar-refractivity contribution in [1.82, 2.24) is 4.90 Å². The standard InChI is InChI=1S/C17H24ClNO3.ClH/c1-5-10-21-16-9-8-14(11-15(16)18)12-17(20)22-13(4)19(6-2)7-3;/h5,8-9,11,13H,1,6-7,10,12H2,2-4H3;1H. The van der Waals surface area contributed by atoms with Crippen LogP contribution in [0.15, 0.2) is 30.9 Å². The van der Waals surface area contributed by atoms with Gasteiger partial charge in [-0.3, -0.25) is 9.69 Å². The maximum atomic E-state index is 12.0. The number of carbonyl (C=O) groups excluding carboxylic acids is 1. The van der Waals surface area contributed by atoms with E-state index in [1.807, 2.05) is 26.8 Å². The lowest BCUT2D eigenvalue weighted by Gasteiger charge is -2.25. The largest absolute Gasteiger partial charge is 0.488 e. The summed E-state index contributed by atoms with van der Waals surface area (Å²) in [4.78, 5) is 14.1. The fraction of sp³-hybridized carbons (Fsp3) is 0.471. The summed E-state index contributed by atoms with van der Waals surface area (Å²) >= 11 is 6.13. The molecule has 1 unspecified atom stereocenters. The van der Waals surface area contributed by atoms with Crippen molar-refractivity contribution in [3.05, 3.63) is 41.4 Å². The molecule has 0 fully saturated rings. The zero-order chi connectivity index (χ0) is 16.5. The van der Waals surface area contributed by atoms with Crippen LogP contribution in [-0.2, 0) is 16.0 Å². The molecule has 0 saturated heterocycles. The van der Waals surface area contributed by atoms with Crippen LogP contribution in [0.4, 0.5) is 0 Å². The smallest absolute Gasteiger partial charge is 0.311 e. The van der Waals surface area contributed by atoms with E-state index in [1.165, 1.54) is 0 Å². The lowest BCUT2D eigenvalue weighted by atomic mass is 10.1. The van der Waals surface area contributed by atoms with E-state index in [0.29, 0.717) is 17.4 Å². The first-order valence-corrected chi connectivity index (χ1v) is 7.85. The minimum Gasteiger partial charge on any atom is -0.488 e. The van der Waals surface area contributed by atoms with E-state index < -0.39 is 0 Å². The van der Waals surface area contributed by atoms with Gasteiger partial charge in [0.1, 0.15) is 12.4 Å². The highest BCUT2D eigenvalue weighted by atomic mass is 35.5. The number of carbonyl (C=O) groups is 1. The van der Waals surface area contributed by atoms with E-state index in [9.17, 15) is 4.79 Å². The first kappa shape index (κ1) is 21.8. The van der Waals surface area contributed by atoms with Crippen LogP contribution in [0.25, 0.3) is 0 Å². The van der Waals surface area contributed by atoms with Gasteiger partial charge >= 0.3 is 5.97 Å². The molecule has 1 rings (SSSR count). The zero-order valence-electron chi connectivity index (χ0n) is 13.9. The summed E-state index contributed by atoms with van der Waals surface area (Å²) in [5, 5.41) is 0.476. The summed E-state index contributed by atoms with van der Waals surface area (Å²) in [5.41, 5.74) is 0.799. The Labute approximate surface area is 149 Å². The van der Waals surface area contributed by atoms with E-state index in [-0.39, 0.29) is 31.0 Å². The van der Waals surface area contributed by atoms with Gasteiger partial charge in [0, 0.05) is 0 Å². The molecule has 0 aromatic heterocycles. The molecule has 0 radical (unpaired) electrons. The van der Waals surface area contributed by atoms with Crippen molar-refractivity contribution in [2.24, 2.45) is 0 Å². The first-order chi connectivity index (χ1) is 10.5. The van der Waals surface area contributed by atoms with Crippen molar-refractivity contribution in [1.29, 1.82) is 0 Å². The molecule has 1 aromatic rings. The average molecular weight is 362 g/mol. The van der Waals surface area contributed by atoms with Gasteiger partial charge in [0.25, 0.3) is 0 Å². The third kappa shape index (κ3) is 7.25. The second-order valence-corrected chi connectivity index (χ2v) is 5.26. The molecule has 1 aromatic carbocycles. The van der Waals surface area contributed by atoms with Crippen molar-refractivity contribution in [3.63, 3.8) is 0 Å². The second-order valence-electron chi connectivity index (χ2n) is 4.85. The maximum absolute atomic E-state index is 12.0. The van der Waals surface area contributed by atoms with Gasteiger partial charge in [0.2, 0.25) is 0 Å². The van der Waals surface area contributed by atoms with Gasteiger partial charge in [-0.2, -0.15) is 0 Å². The molecule has 130 valence electrons. The topological polar surface area (TPSA) is 38.8 Å². The number of hydrogen-bond donors (Lipinski definition) is 0. The molecule has 23 heavy (non-hydrogen) atoms. The van der Waals surface area contributed by atoms with Gasteiger partial charge in [-0.05, 0) is 37.7 Å². The van der Waals surface area contributed by atoms with Crippen LogP contribution in [0.5, 0.6) is 5.75 Å². The molecule has 4 nitrogen and oxygen atoms in total. The van der Waals surface area contributed by atoms with Crippen LogP contribution in [0.1, 0.15) is 26.3 Å². The quantitative estimate of drug-likeness (QED) is 0.377. The van der Waals surface area contributed by atoms with Crippen molar-refractivity contribution >= 4 is 30.0 Å². The SMILES string of the molecule is C=CCOc1ccc(CC(=O)OC(C)N(CC)CC)cc1Cl.Cl. The minimum absolute atomic E-state index is 0. The second kappa shape index (κ2) is 11.3. The molecule has 0 aliphatic heterocycles. The third-order valence-corrected chi connectivity index (χ3v) is 3.63. The summed E-state index contributed by atoms with van der Waals surface area (Å²) in [6.45, 7) is 11.6. The number of halogens is 2. The van der Waals surface area contributed by atoms with E-state index in [0.717, 1.165) is 18.7 Å². The molecule has 0 heterocycles. The number of esters is 1. The van der Waals surface area contributed by atoms with Crippen LogP contribution in [-0.4, -0.2) is 36.8 Å². The van der Waals surface area contributed by atoms with Crippen molar-refractivity contribution < 1.29 is 14.3 Å². The Balaban J connectivity index is 0.00000484. The van der Waals surface area contributed by atoms with Gasteiger partial charge in [-0.1, -0.05) is 44.2 Å². The van der Waals surface area contributed by atoms with Gasteiger partial charge in [0.05, 0.1) is 11.4 Å². The number of nitrogens with zero attached hydrogens (tertiary/aromatic N) is 1. The van der Waals surface area contributed by atoms with Crippen LogP contribution in [0.2, 0.25) is 5.02 Å². The lowest BCUT2D eigenvalue weighted by molar-refractivity contribution is -0.156. The molecule has 0 N–H and O–H groups in total. The van der Waals surface area contributed by atoms with E-state index >= 15 is 0 Å². The van der Waals surface area contributed by atoms with Gasteiger partial charge in [-0.15, -0.1) is 12.4 Å². The van der Waals surface area contributed by atoms with E-state index in [2.05, 4.69) is 11.5 Å². The molecule has 0 bridgehead atoms. The van der Waals surface area contributed by atoms with Crippen molar-refractivity contribution in [3.8, 4) is 5.75 Å². The van der Waals surface area contributed by atoms with Crippen molar-refractivity contribution in [2.45, 2.75) is 33.4 Å². The molecular formula is C17H25Cl2NO3. The summed E-state index contributed by atoms with van der Waals surface area (Å²) in [7, 11) is 0. The number of rotatable bonds is 9. The van der Waals surface area contributed by atoms with Gasteiger partial charge in [0.15, 0.2) is 6.23 Å². The van der Waals surface area contributed by atoms with Crippen molar-refractivity contribution in [2.75, 3.05) is 19.7 Å². The van der Waals surface area contributed by atoms with Crippen LogP contribution >= 0.6 is 24.0 Å². The van der Waals surface area contributed by atoms with Crippen LogP contribution in [0, 0.1) is 0 Å². The number of benzene rings is 1. The summed E-state index contributed by atoms with van der Waals surface area (Å²) < 4.78 is 10.8. The van der Waals surface area contributed by atoms with E-state index in [4.69, 9.17) is 21.1 Å². The summed E-state index contributed by atoms with van der Waals surface area (Å²) in [6, 6.07) is 5.29. The van der Waals surface area contributed by atoms with Gasteiger partial charge in [-0.25, -0.2) is 0 Å². The summed E-state index contributed by atoms with van der Waals surface area (Å²) in [5.74, 6) is 0.311. The normalized spacial score (nSPS) is 11.5. The van der Waals surface area contributed by atoms with Crippen LogP contribution in [0.3, 0.4) is 0 Å². The lowest BCUT2D eigenvalue weighted by Crippen LogP contribution is -2.36. The monoisotopic (exact) mass is 361 g/mol. The third-order valence-electron chi connectivity index (χ3n) is 3.33.